The van der Waals surface area contributed by atoms with E-state index in [1.807, 2.05) is 18.2 Å². The topological polar surface area (TPSA) is 29.5 Å². The summed E-state index contributed by atoms with van der Waals surface area (Å²) in [5, 5.41) is 11.7. The Morgan fingerprint density at radius 3 is 2.80 bits per heavy atom. The molecule has 0 aromatic heterocycles. The van der Waals surface area contributed by atoms with Gasteiger partial charge < -0.3 is 9.84 Å². The van der Waals surface area contributed by atoms with Crippen molar-refractivity contribution in [3.63, 3.8) is 0 Å². The number of aliphatic hydroxyl groups is 1. The van der Waals surface area contributed by atoms with Crippen LogP contribution in [0.2, 0.25) is 10.0 Å². The van der Waals surface area contributed by atoms with E-state index >= 15 is 0 Å². The molecule has 1 atom stereocenters. The number of hydrogen-bond acceptors (Lipinski definition) is 2. The van der Waals surface area contributed by atoms with Crippen LogP contribution in [0.1, 0.15) is 22.8 Å². The number of ether oxygens (including phenoxy) is 1. The van der Waals surface area contributed by atoms with Crippen molar-refractivity contribution in [2.75, 3.05) is 6.61 Å². The molecule has 0 amide bonds. The Morgan fingerprint density at radius 1 is 1.20 bits per heavy atom. The van der Waals surface area contributed by atoms with Gasteiger partial charge in [0.1, 0.15) is 11.9 Å². The Hall–Kier alpha value is -0.740. The maximum atomic E-state index is 10.6. The molecular formula is C15H11BrCl2O2. The molecule has 1 unspecified atom stereocenters. The molecule has 0 aliphatic carbocycles. The average Bonchev–Trinajstić information content (AvgIpc) is 2.88. The number of hydrogen-bond donors (Lipinski definition) is 1. The number of benzene rings is 2. The van der Waals surface area contributed by atoms with Gasteiger partial charge >= 0.3 is 0 Å². The quantitative estimate of drug-likeness (QED) is 0.821. The van der Waals surface area contributed by atoms with Crippen LogP contribution in [0.4, 0.5) is 0 Å². The van der Waals surface area contributed by atoms with Crippen molar-refractivity contribution in [2.24, 2.45) is 0 Å². The van der Waals surface area contributed by atoms with Crippen LogP contribution >= 0.6 is 39.1 Å². The summed E-state index contributed by atoms with van der Waals surface area (Å²) in [4.78, 5) is 0. The maximum absolute atomic E-state index is 10.6. The lowest BCUT2D eigenvalue weighted by atomic mass is 9.98. The second-order valence-electron chi connectivity index (χ2n) is 4.63. The fraction of sp³-hybridized carbons (Fsp3) is 0.200. The van der Waals surface area contributed by atoms with E-state index in [1.54, 1.807) is 12.1 Å². The van der Waals surface area contributed by atoms with E-state index in [1.165, 1.54) is 0 Å². The molecule has 3 rings (SSSR count). The average molecular weight is 374 g/mol. The largest absolute Gasteiger partial charge is 0.493 e. The van der Waals surface area contributed by atoms with Gasteiger partial charge in [0.05, 0.1) is 11.6 Å². The summed E-state index contributed by atoms with van der Waals surface area (Å²) in [7, 11) is 0. The predicted octanol–water partition coefficient (Wildman–Crippen LogP) is 4.77. The number of aliphatic hydroxyl groups excluding tert-OH is 1. The van der Waals surface area contributed by atoms with Crippen LogP contribution in [0.5, 0.6) is 5.75 Å². The van der Waals surface area contributed by atoms with Gasteiger partial charge in [-0.05, 0) is 39.7 Å². The third kappa shape index (κ3) is 2.44. The van der Waals surface area contributed by atoms with Crippen LogP contribution in [-0.4, -0.2) is 11.7 Å². The van der Waals surface area contributed by atoms with Gasteiger partial charge in [0, 0.05) is 27.0 Å². The van der Waals surface area contributed by atoms with Gasteiger partial charge in [-0.25, -0.2) is 0 Å². The molecule has 20 heavy (non-hydrogen) atoms. The van der Waals surface area contributed by atoms with Crippen molar-refractivity contribution < 1.29 is 9.84 Å². The SMILES string of the molecule is OC(c1cccc(Br)c1Cl)c1cc(Cl)cc2c1OCC2. The van der Waals surface area contributed by atoms with Crippen LogP contribution < -0.4 is 4.74 Å². The minimum Gasteiger partial charge on any atom is -0.493 e. The molecule has 2 aromatic rings. The van der Waals surface area contributed by atoms with Gasteiger partial charge in [0.2, 0.25) is 0 Å². The second-order valence-corrected chi connectivity index (χ2v) is 6.30. The van der Waals surface area contributed by atoms with Crippen molar-refractivity contribution >= 4 is 39.1 Å². The van der Waals surface area contributed by atoms with Crippen molar-refractivity contribution in [2.45, 2.75) is 12.5 Å². The number of halogens is 3. The van der Waals surface area contributed by atoms with Gasteiger partial charge in [-0.3, -0.25) is 0 Å². The van der Waals surface area contributed by atoms with Gasteiger partial charge in [-0.1, -0.05) is 35.3 Å². The molecule has 1 N–H and O–H groups in total. The first-order valence-corrected chi connectivity index (χ1v) is 7.70. The fourth-order valence-corrected chi connectivity index (χ4v) is 3.26. The smallest absolute Gasteiger partial charge is 0.128 e. The lowest BCUT2D eigenvalue weighted by Crippen LogP contribution is -2.03. The lowest BCUT2D eigenvalue weighted by Gasteiger charge is -2.17. The highest BCUT2D eigenvalue weighted by atomic mass is 79.9. The van der Waals surface area contributed by atoms with E-state index in [2.05, 4.69) is 15.9 Å². The van der Waals surface area contributed by atoms with Gasteiger partial charge in [-0.15, -0.1) is 0 Å². The van der Waals surface area contributed by atoms with Crippen LogP contribution in [0.3, 0.4) is 0 Å². The first-order chi connectivity index (χ1) is 9.58. The third-order valence-corrected chi connectivity index (χ3v) is 4.88. The zero-order valence-corrected chi connectivity index (χ0v) is 13.5. The Bertz CT molecular complexity index is 673. The molecule has 0 spiro atoms. The van der Waals surface area contributed by atoms with Crippen molar-refractivity contribution in [3.05, 3.63) is 61.5 Å². The highest BCUT2D eigenvalue weighted by Gasteiger charge is 2.24. The first-order valence-electron chi connectivity index (χ1n) is 6.15. The molecule has 2 aromatic carbocycles. The van der Waals surface area contributed by atoms with Crippen LogP contribution in [0.15, 0.2) is 34.8 Å². The summed E-state index contributed by atoms with van der Waals surface area (Å²) in [6.45, 7) is 0.613. The minimum absolute atomic E-state index is 0.492. The molecule has 0 saturated carbocycles. The number of fused-ring (bicyclic) bond motifs is 1. The maximum Gasteiger partial charge on any atom is 0.128 e. The third-order valence-electron chi connectivity index (χ3n) is 3.35. The Kier molecular flexibility index (Phi) is 3.95. The van der Waals surface area contributed by atoms with E-state index in [0.717, 1.165) is 22.2 Å². The summed E-state index contributed by atoms with van der Waals surface area (Å²) in [6.07, 6.45) is -0.0625. The Balaban J connectivity index is 2.11. The lowest BCUT2D eigenvalue weighted by molar-refractivity contribution is 0.214. The van der Waals surface area contributed by atoms with Crippen LogP contribution in [0.25, 0.3) is 0 Å². The summed E-state index contributed by atoms with van der Waals surface area (Å²) in [5.74, 6) is 0.720. The van der Waals surface area contributed by atoms with Gasteiger partial charge in [0.25, 0.3) is 0 Å². The Labute approximate surface area is 135 Å². The number of rotatable bonds is 2. The van der Waals surface area contributed by atoms with E-state index in [0.29, 0.717) is 27.8 Å². The summed E-state index contributed by atoms with van der Waals surface area (Å²) in [5.41, 5.74) is 2.31. The van der Waals surface area contributed by atoms with Gasteiger partial charge in [0.15, 0.2) is 0 Å². The zero-order chi connectivity index (χ0) is 14.3. The standard InChI is InChI=1S/C15H11BrCl2O2/c16-12-3-1-2-10(13(12)18)14(19)11-7-9(17)6-8-4-5-20-15(8)11/h1-3,6-7,14,19H,4-5H2. The fourth-order valence-electron chi connectivity index (χ4n) is 2.40. The first kappa shape index (κ1) is 14.2. The van der Waals surface area contributed by atoms with Crippen molar-refractivity contribution in [3.8, 4) is 5.75 Å². The molecule has 5 heteroatoms. The summed E-state index contributed by atoms with van der Waals surface area (Å²) < 4.78 is 6.37. The normalized spacial score (nSPS) is 14.8. The van der Waals surface area contributed by atoms with Crippen molar-refractivity contribution in [1.29, 1.82) is 0 Å². The van der Waals surface area contributed by atoms with E-state index in [4.69, 9.17) is 27.9 Å². The molecule has 1 heterocycles. The minimum atomic E-state index is -0.870. The zero-order valence-electron chi connectivity index (χ0n) is 10.4. The van der Waals surface area contributed by atoms with Crippen LogP contribution in [0, 0.1) is 0 Å². The van der Waals surface area contributed by atoms with E-state index in [9.17, 15) is 5.11 Å². The molecule has 0 bridgehead atoms. The molecule has 2 nitrogen and oxygen atoms in total. The molecule has 1 aliphatic heterocycles. The van der Waals surface area contributed by atoms with E-state index in [-0.39, 0.29) is 0 Å². The monoisotopic (exact) mass is 372 g/mol. The highest BCUT2D eigenvalue weighted by molar-refractivity contribution is 9.10. The predicted molar refractivity (Wildman–Crippen MR) is 83.9 cm³/mol. The summed E-state index contributed by atoms with van der Waals surface area (Å²) in [6, 6.07) is 9.06. The molecule has 0 radical (unpaired) electrons. The Morgan fingerprint density at radius 2 is 2.00 bits per heavy atom. The summed E-state index contributed by atoms with van der Waals surface area (Å²) >= 11 is 15.7. The molecule has 1 aliphatic rings. The highest BCUT2D eigenvalue weighted by Crippen LogP contribution is 2.41. The van der Waals surface area contributed by atoms with E-state index < -0.39 is 6.10 Å². The second kappa shape index (κ2) is 5.57. The molecule has 0 fully saturated rings. The van der Waals surface area contributed by atoms with Crippen LogP contribution in [-0.2, 0) is 6.42 Å². The molecular weight excluding hydrogens is 363 g/mol. The van der Waals surface area contributed by atoms with Crippen molar-refractivity contribution in [1.82, 2.24) is 0 Å². The molecule has 104 valence electrons. The van der Waals surface area contributed by atoms with Gasteiger partial charge in [-0.2, -0.15) is 0 Å². The molecule has 0 saturated heterocycles.